The van der Waals surface area contributed by atoms with Crippen molar-refractivity contribution in [2.24, 2.45) is 0 Å². The number of ketones is 1. The molecule has 0 aliphatic rings. The van der Waals surface area contributed by atoms with Gasteiger partial charge in [0.25, 0.3) is 0 Å². The minimum Gasteiger partial charge on any atom is -0.295 e. The van der Waals surface area contributed by atoms with Gasteiger partial charge < -0.3 is 0 Å². The molecular weight excluding hydrogens is 232 g/mol. The van der Waals surface area contributed by atoms with Gasteiger partial charge in [0.2, 0.25) is 0 Å². The Kier molecular flexibility index (Phi) is 22.2. The summed E-state index contributed by atoms with van der Waals surface area (Å²) in [6.45, 7) is 18.4. The van der Waals surface area contributed by atoms with Crippen LogP contribution in [0.3, 0.4) is 0 Å². The molecule has 1 nitrogen and oxygen atoms in total. The second kappa shape index (κ2) is 18.7. The van der Waals surface area contributed by atoms with E-state index in [1.807, 2.05) is 45.9 Å². The number of allylic oxidation sites excluding steroid dienone is 2. The van der Waals surface area contributed by atoms with Crippen LogP contribution < -0.4 is 0 Å². The second-order valence-electron chi connectivity index (χ2n) is 3.62. The highest BCUT2D eigenvalue weighted by molar-refractivity contribution is 5.93. The first kappa shape index (κ1) is 22.5. The van der Waals surface area contributed by atoms with Gasteiger partial charge in [-0.2, -0.15) is 0 Å². The summed E-state index contributed by atoms with van der Waals surface area (Å²) in [5, 5.41) is 0. The zero-order valence-corrected chi connectivity index (χ0v) is 13.5. The molecule has 1 heteroatoms. The highest BCUT2D eigenvalue weighted by atomic mass is 16.1. The average molecular weight is 262 g/mol. The molecule has 0 heterocycles. The summed E-state index contributed by atoms with van der Waals surface area (Å²) < 4.78 is 0. The van der Waals surface area contributed by atoms with Gasteiger partial charge in [-0.1, -0.05) is 69.3 Å². The molecule has 0 N–H and O–H groups in total. The van der Waals surface area contributed by atoms with Crippen LogP contribution in [0.2, 0.25) is 0 Å². The summed E-state index contributed by atoms with van der Waals surface area (Å²) >= 11 is 0. The van der Waals surface area contributed by atoms with Gasteiger partial charge in [0, 0.05) is 6.42 Å². The standard InChI is InChI=1S/C7H8.C6H10O.C3H6.C2H6/c1-7-5-3-2-4-6-7;1-4-6(7)5(2)3;1-3-2;1-2/h2-6H,1H3;2,4H2,1,3H3;3H,1H2,2H3;1-2H3. The number of rotatable bonds is 2. The first-order valence-electron chi connectivity index (χ1n) is 6.76. The van der Waals surface area contributed by atoms with Crippen LogP contribution in [0.25, 0.3) is 0 Å². The molecule has 0 amide bonds. The minimum absolute atomic E-state index is 0.153. The lowest BCUT2D eigenvalue weighted by Gasteiger charge is -1.87. The molecule has 0 aliphatic heterocycles. The molecular formula is C18H30O. The summed E-state index contributed by atoms with van der Waals surface area (Å²) in [7, 11) is 0. The van der Waals surface area contributed by atoms with E-state index in [0.717, 1.165) is 0 Å². The van der Waals surface area contributed by atoms with Crippen LogP contribution in [0.1, 0.15) is 46.6 Å². The number of aryl methyl sites for hydroxylation is 1. The van der Waals surface area contributed by atoms with E-state index >= 15 is 0 Å². The maximum atomic E-state index is 10.4. The predicted molar refractivity (Wildman–Crippen MR) is 88.5 cm³/mol. The van der Waals surface area contributed by atoms with Crippen molar-refractivity contribution in [3.05, 3.63) is 60.7 Å². The van der Waals surface area contributed by atoms with Gasteiger partial charge in [-0.15, -0.1) is 6.58 Å². The minimum atomic E-state index is 0.153. The van der Waals surface area contributed by atoms with Crippen LogP contribution in [-0.2, 0) is 4.79 Å². The number of benzene rings is 1. The third-order valence-electron chi connectivity index (χ3n) is 1.74. The molecule has 0 unspecified atom stereocenters. The fraction of sp³-hybridized carbons (Fsp3) is 0.389. The molecule has 0 saturated carbocycles. The van der Waals surface area contributed by atoms with Crippen molar-refractivity contribution in [1.82, 2.24) is 0 Å². The monoisotopic (exact) mass is 262 g/mol. The fourth-order valence-electron chi connectivity index (χ4n) is 0.836. The molecule has 19 heavy (non-hydrogen) atoms. The topological polar surface area (TPSA) is 17.1 Å². The van der Waals surface area contributed by atoms with Gasteiger partial charge in [0.05, 0.1) is 0 Å². The highest BCUT2D eigenvalue weighted by Crippen LogP contribution is 1.92. The molecule has 0 radical (unpaired) electrons. The normalized spacial score (nSPS) is 7.26. The Balaban J connectivity index is -0.000000203. The Morgan fingerprint density at radius 3 is 1.68 bits per heavy atom. The largest absolute Gasteiger partial charge is 0.295 e. The van der Waals surface area contributed by atoms with Crippen molar-refractivity contribution in [1.29, 1.82) is 0 Å². The SMILES string of the molecule is C=C(C)C(=O)CC.C=CC.CC.Cc1ccccc1. The smallest absolute Gasteiger partial charge is 0.157 e. The van der Waals surface area contributed by atoms with Gasteiger partial charge in [-0.3, -0.25) is 4.79 Å². The van der Waals surface area contributed by atoms with E-state index in [-0.39, 0.29) is 5.78 Å². The van der Waals surface area contributed by atoms with Crippen LogP contribution in [-0.4, -0.2) is 5.78 Å². The summed E-state index contributed by atoms with van der Waals surface area (Å²) in [4.78, 5) is 10.4. The molecule has 0 bridgehead atoms. The van der Waals surface area contributed by atoms with Crippen LogP contribution in [0, 0.1) is 6.92 Å². The van der Waals surface area contributed by atoms with Gasteiger partial charge >= 0.3 is 0 Å². The van der Waals surface area contributed by atoms with E-state index in [4.69, 9.17) is 0 Å². The Morgan fingerprint density at radius 1 is 1.21 bits per heavy atom. The lowest BCUT2D eigenvalue weighted by atomic mass is 10.2. The van der Waals surface area contributed by atoms with Gasteiger partial charge in [-0.05, 0) is 26.3 Å². The van der Waals surface area contributed by atoms with E-state index in [1.165, 1.54) is 5.56 Å². The number of hydrogen-bond acceptors (Lipinski definition) is 1. The Labute approximate surface area is 120 Å². The van der Waals surface area contributed by atoms with Crippen molar-refractivity contribution >= 4 is 5.78 Å². The van der Waals surface area contributed by atoms with Crippen LogP contribution in [0.15, 0.2) is 55.1 Å². The van der Waals surface area contributed by atoms with Crippen LogP contribution >= 0.6 is 0 Å². The van der Waals surface area contributed by atoms with Gasteiger partial charge in [0.15, 0.2) is 5.78 Å². The number of carbonyl (C=O) groups is 1. The Hall–Kier alpha value is -1.63. The van der Waals surface area contributed by atoms with E-state index in [2.05, 4.69) is 32.2 Å². The molecule has 0 spiro atoms. The predicted octanol–water partition coefficient (Wildman–Crippen LogP) is 5.76. The quantitative estimate of drug-likeness (QED) is 0.489. The molecule has 1 aromatic carbocycles. The van der Waals surface area contributed by atoms with E-state index in [1.54, 1.807) is 13.0 Å². The van der Waals surface area contributed by atoms with E-state index in [0.29, 0.717) is 12.0 Å². The molecule has 1 aromatic rings. The van der Waals surface area contributed by atoms with Gasteiger partial charge in [-0.25, -0.2) is 0 Å². The fourth-order valence-corrected chi connectivity index (χ4v) is 0.836. The Morgan fingerprint density at radius 2 is 1.58 bits per heavy atom. The van der Waals surface area contributed by atoms with Gasteiger partial charge in [0.1, 0.15) is 0 Å². The van der Waals surface area contributed by atoms with E-state index < -0.39 is 0 Å². The number of hydrogen-bond donors (Lipinski definition) is 0. The molecule has 0 atom stereocenters. The van der Waals surface area contributed by atoms with Crippen molar-refractivity contribution in [3.8, 4) is 0 Å². The zero-order valence-electron chi connectivity index (χ0n) is 13.5. The maximum Gasteiger partial charge on any atom is 0.157 e. The van der Waals surface area contributed by atoms with Crippen molar-refractivity contribution in [2.45, 2.75) is 48.0 Å². The lowest BCUT2D eigenvalue weighted by molar-refractivity contribution is -0.115. The maximum absolute atomic E-state index is 10.4. The highest BCUT2D eigenvalue weighted by Gasteiger charge is 1.93. The second-order valence-corrected chi connectivity index (χ2v) is 3.62. The van der Waals surface area contributed by atoms with E-state index in [9.17, 15) is 4.79 Å². The summed E-state index contributed by atoms with van der Waals surface area (Å²) in [6.07, 6.45) is 2.33. The van der Waals surface area contributed by atoms with Crippen molar-refractivity contribution in [2.75, 3.05) is 0 Å². The summed E-state index contributed by atoms with van der Waals surface area (Å²) in [5.41, 5.74) is 1.98. The molecule has 108 valence electrons. The molecule has 0 saturated heterocycles. The van der Waals surface area contributed by atoms with Crippen molar-refractivity contribution < 1.29 is 4.79 Å². The third-order valence-corrected chi connectivity index (χ3v) is 1.74. The van der Waals surface area contributed by atoms with Crippen LogP contribution in [0.5, 0.6) is 0 Å². The average Bonchev–Trinajstić information content (AvgIpc) is 2.42. The first-order chi connectivity index (χ1) is 8.99. The molecule has 1 rings (SSSR count). The zero-order chi connectivity index (χ0) is 15.7. The van der Waals surface area contributed by atoms with Crippen LogP contribution in [0.4, 0.5) is 0 Å². The lowest BCUT2D eigenvalue weighted by Crippen LogP contribution is -1.93. The first-order valence-corrected chi connectivity index (χ1v) is 6.76. The molecule has 0 aromatic heterocycles. The summed E-state index contributed by atoms with van der Waals surface area (Å²) in [6, 6.07) is 10.3. The Bertz CT molecular complexity index is 323. The number of carbonyl (C=O) groups excluding carboxylic acids is 1. The molecule has 0 aliphatic carbocycles. The third kappa shape index (κ3) is 22.1. The molecule has 0 fully saturated rings. The van der Waals surface area contributed by atoms with Crippen molar-refractivity contribution in [3.63, 3.8) is 0 Å². The summed E-state index contributed by atoms with van der Waals surface area (Å²) in [5.74, 6) is 0.153. The number of Topliss-reactive ketones (excluding diaryl/α,β-unsaturated/α-hetero) is 1.